The van der Waals surface area contributed by atoms with E-state index in [1.165, 1.54) is 6.08 Å². The number of benzene rings is 1. The third kappa shape index (κ3) is 4.92. The fourth-order valence-electron chi connectivity index (χ4n) is 1.36. The molecule has 0 bridgehead atoms. The van der Waals surface area contributed by atoms with Gasteiger partial charge in [0.05, 0.1) is 7.11 Å². The quantitative estimate of drug-likeness (QED) is 0.848. The van der Waals surface area contributed by atoms with Crippen LogP contribution >= 0.6 is 15.9 Å². The molecule has 1 aromatic carbocycles. The van der Waals surface area contributed by atoms with Crippen molar-refractivity contribution in [3.8, 4) is 5.75 Å². The molecule has 18 heavy (non-hydrogen) atoms. The molecule has 0 aliphatic rings. The second-order valence-corrected chi connectivity index (χ2v) is 5.27. The standard InChI is InChI=1S/C14H18BrNO2/c1-10(2)9-16-14(17)7-4-11-8-12(15)5-6-13(11)18-3/h4-8,10H,9H2,1-3H3,(H,16,17). The summed E-state index contributed by atoms with van der Waals surface area (Å²) >= 11 is 3.39. The second-order valence-electron chi connectivity index (χ2n) is 4.36. The van der Waals surface area contributed by atoms with E-state index in [2.05, 4.69) is 35.1 Å². The van der Waals surface area contributed by atoms with Crippen LogP contribution in [-0.4, -0.2) is 19.6 Å². The molecular formula is C14H18BrNO2. The molecule has 0 saturated carbocycles. The van der Waals surface area contributed by atoms with Crippen LogP contribution in [0.2, 0.25) is 0 Å². The van der Waals surface area contributed by atoms with Crippen molar-refractivity contribution in [2.75, 3.05) is 13.7 Å². The third-order valence-corrected chi connectivity index (χ3v) is 2.78. The van der Waals surface area contributed by atoms with Crippen molar-refractivity contribution in [2.45, 2.75) is 13.8 Å². The molecule has 4 heteroatoms. The van der Waals surface area contributed by atoms with E-state index in [-0.39, 0.29) is 5.91 Å². The highest BCUT2D eigenvalue weighted by molar-refractivity contribution is 9.10. The van der Waals surface area contributed by atoms with Crippen LogP contribution in [0.3, 0.4) is 0 Å². The van der Waals surface area contributed by atoms with Crippen LogP contribution in [0.1, 0.15) is 19.4 Å². The highest BCUT2D eigenvalue weighted by atomic mass is 79.9. The Bertz CT molecular complexity index is 441. The molecule has 0 aromatic heterocycles. The molecule has 1 N–H and O–H groups in total. The molecule has 0 aliphatic heterocycles. The number of carbonyl (C=O) groups is 1. The highest BCUT2D eigenvalue weighted by Crippen LogP contribution is 2.23. The van der Waals surface area contributed by atoms with Crippen molar-refractivity contribution in [3.63, 3.8) is 0 Å². The van der Waals surface area contributed by atoms with E-state index < -0.39 is 0 Å². The first-order chi connectivity index (χ1) is 8.52. The fourth-order valence-corrected chi connectivity index (χ4v) is 1.74. The van der Waals surface area contributed by atoms with Crippen molar-refractivity contribution in [1.82, 2.24) is 5.32 Å². The predicted molar refractivity (Wildman–Crippen MR) is 77.6 cm³/mol. The summed E-state index contributed by atoms with van der Waals surface area (Å²) in [6.45, 7) is 4.79. The van der Waals surface area contributed by atoms with Gasteiger partial charge in [-0.15, -0.1) is 0 Å². The molecule has 0 saturated heterocycles. The number of methoxy groups -OCH3 is 1. The van der Waals surface area contributed by atoms with Crippen LogP contribution in [0.4, 0.5) is 0 Å². The zero-order valence-corrected chi connectivity index (χ0v) is 12.5. The molecule has 98 valence electrons. The molecule has 1 amide bonds. The van der Waals surface area contributed by atoms with E-state index in [1.807, 2.05) is 18.2 Å². The minimum absolute atomic E-state index is 0.0919. The number of nitrogens with one attached hydrogen (secondary N) is 1. The van der Waals surface area contributed by atoms with E-state index >= 15 is 0 Å². The molecule has 1 rings (SSSR count). The van der Waals surface area contributed by atoms with Gasteiger partial charge in [-0.05, 0) is 30.2 Å². The number of rotatable bonds is 5. The first kappa shape index (κ1) is 14.8. The Morgan fingerprint density at radius 1 is 1.50 bits per heavy atom. The summed E-state index contributed by atoms with van der Waals surface area (Å²) in [7, 11) is 1.61. The van der Waals surface area contributed by atoms with Gasteiger partial charge in [0.1, 0.15) is 5.75 Å². The number of halogens is 1. The van der Waals surface area contributed by atoms with Crippen molar-refractivity contribution in [1.29, 1.82) is 0 Å². The average molecular weight is 312 g/mol. The lowest BCUT2D eigenvalue weighted by atomic mass is 10.2. The van der Waals surface area contributed by atoms with Gasteiger partial charge in [0.25, 0.3) is 0 Å². The molecule has 1 aromatic rings. The van der Waals surface area contributed by atoms with Gasteiger partial charge >= 0.3 is 0 Å². The van der Waals surface area contributed by atoms with Crippen LogP contribution in [0.5, 0.6) is 5.75 Å². The zero-order chi connectivity index (χ0) is 13.5. The monoisotopic (exact) mass is 311 g/mol. The topological polar surface area (TPSA) is 38.3 Å². The molecule has 0 radical (unpaired) electrons. The number of amides is 1. The molecule has 0 heterocycles. The zero-order valence-electron chi connectivity index (χ0n) is 10.9. The van der Waals surface area contributed by atoms with Crippen LogP contribution < -0.4 is 10.1 Å². The lowest BCUT2D eigenvalue weighted by Gasteiger charge is -2.06. The first-order valence-corrected chi connectivity index (χ1v) is 6.61. The summed E-state index contributed by atoms with van der Waals surface area (Å²) in [5, 5.41) is 2.83. The number of carbonyl (C=O) groups excluding carboxylic acids is 1. The van der Waals surface area contributed by atoms with E-state index in [4.69, 9.17) is 4.74 Å². The second kappa shape index (κ2) is 7.21. The van der Waals surface area contributed by atoms with Gasteiger partial charge in [0, 0.05) is 22.7 Å². The van der Waals surface area contributed by atoms with Gasteiger partial charge in [-0.2, -0.15) is 0 Å². The van der Waals surface area contributed by atoms with Crippen LogP contribution in [0, 0.1) is 5.92 Å². The van der Waals surface area contributed by atoms with Crippen molar-refractivity contribution >= 4 is 27.9 Å². The molecule has 0 aliphatic carbocycles. The SMILES string of the molecule is COc1ccc(Br)cc1C=CC(=O)NCC(C)C. The molecule has 0 fully saturated rings. The van der Waals surface area contributed by atoms with Gasteiger partial charge in [-0.3, -0.25) is 4.79 Å². The number of hydrogen-bond acceptors (Lipinski definition) is 2. The largest absolute Gasteiger partial charge is 0.496 e. The lowest BCUT2D eigenvalue weighted by molar-refractivity contribution is -0.116. The summed E-state index contributed by atoms with van der Waals surface area (Å²) in [5.74, 6) is 1.10. The van der Waals surface area contributed by atoms with Crippen molar-refractivity contribution < 1.29 is 9.53 Å². The van der Waals surface area contributed by atoms with Crippen molar-refractivity contribution in [2.24, 2.45) is 5.92 Å². The van der Waals surface area contributed by atoms with Crippen LogP contribution in [-0.2, 0) is 4.79 Å². The Morgan fingerprint density at radius 2 is 2.22 bits per heavy atom. The Morgan fingerprint density at radius 3 is 2.83 bits per heavy atom. The first-order valence-electron chi connectivity index (χ1n) is 5.82. The fraction of sp³-hybridized carbons (Fsp3) is 0.357. The van der Waals surface area contributed by atoms with Crippen LogP contribution in [0.25, 0.3) is 6.08 Å². The Hall–Kier alpha value is -1.29. The number of hydrogen-bond donors (Lipinski definition) is 1. The predicted octanol–water partition coefficient (Wildman–Crippen LogP) is 3.24. The van der Waals surface area contributed by atoms with Crippen molar-refractivity contribution in [3.05, 3.63) is 34.3 Å². The molecule has 3 nitrogen and oxygen atoms in total. The maximum Gasteiger partial charge on any atom is 0.244 e. The maximum atomic E-state index is 11.6. The van der Waals surface area contributed by atoms with Gasteiger partial charge in [-0.25, -0.2) is 0 Å². The summed E-state index contributed by atoms with van der Waals surface area (Å²) in [6.07, 6.45) is 3.27. The highest BCUT2D eigenvalue weighted by Gasteiger charge is 2.02. The molecule has 0 atom stereocenters. The minimum Gasteiger partial charge on any atom is -0.496 e. The summed E-state index contributed by atoms with van der Waals surface area (Å²) in [4.78, 5) is 11.6. The van der Waals surface area contributed by atoms with Crippen LogP contribution in [0.15, 0.2) is 28.7 Å². The third-order valence-electron chi connectivity index (χ3n) is 2.29. The summed E-state index contributed by atoms with van der Waals surface area (Å²) < 4.78 is 6.18. The van der Waals surface area contributed by atoms with Gasteiger partial charge in [-0.1, -0.05) is 29.8 Å². The van der Waals surface area contributed by atoms with Gasteiger partial charge in [0.15, 0.2) is 0 Å². The van der Waals surface area contributed by atoms with Gasteiger partial charge < -0.3 is 10.1 Å². The normalized spacial score (nSPS) is 10.9. The number of ether oxygens (including phenoxy) is 1. The van der Waals surface area contributed by atoms with E-state index in [9.17, 15) is 4.79 Å². The molecule has 0 unspecified atom stereocenters. The molecule has 0 spiro atoms. The van der Waals surface area contributed by atoms with E-state index in [0.29, 0.717) is 12.5 Å². The Balaban J connectivity index is 2.71. The Labute approximate surface area is 116 Å². The minimum atomic E-state index is -0.0919. The van der Waals surface area contributed by atoms with E-state index in [1.54, 1.807) is 13.2 Å². The smallest absolute Gasteiger partial charge is 0.244 e. The van der Waals surface area contributed by atoms with E-state index in [0.717, 1.165) is 15.8 Å². The summed E-state index contributed by atoms with van der Waals surface area (Å²) in [6, 6.07) is 5.66. The Kier molecular flexibility index (Phi) is 5.92. The lowest BCUT2D eigenvalue weighted by Crippen LogP contribution is -2.25. The average Bonchev–Trinajstić information content (AvgIpc) is 2.34. The van der Waals surface area contributed by atoms with Gasteiger partial charge in [0.2, 0.25) is 5.91 Å². The maximum absolute atomic E-state index is 11.6. The summed E-state index contributed by atoms with van der Waals surface area (Å²) in [5.41, 5.74) is 0.867. The molecular weight excluding hydrogens is 294 g/mol.